The van der Waals surface area contributed by atoms with E-state index in [0.29, 0.717) is 23.5 Å². The van der Waals surface area contributed by atoms with Crippen molar-refractivity contribution < 1.29 is 9.90 Å². The summed E-state index contributed by atoms with van der Waals surface area (Å²) < 4.78 is 1.91. The highest BCUT2D eigenvalue weighted by molar-refractivity contribution is 6.06. The van der Waals surface area contributed by atoms with Gasteiger partial charge in [0.05, 0.1) is 11.8 Å². The van der Waals surface area contributed by atoms with Crippen molar-refractivity contribution in [3.63, 3.8) is 0 Å². The number of carbonyl (C=O) groups is 1. The number of fused-ring (bicyclic) bond motifs is 5. The van der Waals surface area contributed by atoms with Crippen LogP contribution in [-0.4, -0.2) is 26.8 Å². The second-order valence-corrected chi connectivity index (χ2v) is 11.0. The first kappa shape index (κ1) is 20.2. The van der Waals surface area contributed by atoms with Gasteiger partial charge in [-0.1, -0.05) is 25.5 Å². The number of aromatic nitrogens is 2. The molecular weight excluding hydrogens is 372 g/mol. The van der Waals surface area contributed by atoms with Crippen LogP contribution in [0.25, 0.3) is 6.08 Å². The highest BCUT2D eigenvalue weighted by Gasteiger charge is 2.59. The smallest absolute Gasteiger partial charge is 0.165 e. The van der Waals surface area contributed by atoms with Gasteiger partial charge in [-0.2, -0.15) is 5.10 Å². The number of carbonyl (C=O) groups excluding carboxylic acids is 1. The molecule has 30 heavy (non-hydrogen) atoms. The lowest BCUT2D eigenvalue weighted by molar-refractivity contribution is -0.130. The van der Waals surface area contributed by atoms with Gasteiger partial charge in [0.15, 0.2) is 5.78 Å². The number of aryl methyl sites for hydroxylation is 2. The third-order valence-corrected chi connectivity index (χ3v) is 9.60. The summed E-state index contributed by atoms with van der Waals surface area (Å²) in [6.45, 7) is 8.81. The lowest BCUT2D eigenvalue weighted by atomic mass is 9.48. The van der Waals surface area contributed by atoms with Crippen LogP contribution in [0.4, 0.5) is 0 Å². The van der Waals surface area contributed by atoms with Crippen LogP contribution in [-0.2, 0) is 11.8 Å². The number of aliphatic hydroxyl groups excluding tert-OH is 1. The van der Waals surface area contributed by atoms with Crippen LogP contribution in [0.2, 0.25) is 0 Å². The number of ketones is 1. The summed E-state index contributed by atoms with van der Waals surface area (Å²) in [5.74, 6) is 2.05. The quantitative estimate of drug-likeness (QED) is 0.530. The Hall–Kier alpha value is -1.68. The van der Waals surface area contributed by atoms with E-state index in [-0.39, 0.29) is 16.9 Å². The van der Waals surface area contributed by atoms with E-state index in [1.165, 1.54) is 5.57 Å². The third kappa shape index (κ3) is 2.68. The topological polar surface area (TPSA) is 55.1 Å². The zero-order valence-electron chi connectivity index (χ0n) is 19.2. The minimum absolute atomic E-state index is 0.164. The van der Waals surface area contributed by atoms with Gasteiger partial charge >= 0.3 is 0 Å². The van der Waals surface area contributed by atoms with E-state index in [4.69, 9.17) is 0 Å². The molecule has 1 N–H and O–H groups in total. The van der Waals surface area contributed by atoms with Gasteiger partial charge in [-0.3, -0.25) is 9.48 Å². The molecule has 1 aromatic rings. The Balaban J connectivity index is 1.50. The summed E-state index contributed by atoms with van der Waals surface area (Å²) in [5, 5.41) is 14.8. The maximum Gasteiger partial charge on any atom is 0.165 e. The SMILES string of the molecule is Cc1nn(C)c(C)c1/C=C1/C[C@@H]2[C@H]3CC=C4C[C@H](O)CC[C@]4(C)[C@@H]3CC[C@]2(C)C1=O. The van der Waals surface area contributed by atoms with E-state index >= 15 is 0 Å². The fraction of sp³-hybridized carbons (Fsp3) is 0.692. The van der Waals surface area contributed by atoms with E-state index in [2.05, 4.69) is 38.0 Å². The standard InChI is InChI=1S/C26H36N2O2/c1-15-21(16(2)28(5)27-15)12-17-13-23-20-7-6-18-14-19(29)8-10-25(18,3)22(20)9-11-26(23,4)24(17)30/h6,12,19-20,22-23,29H,7-11,13-14H2,1-5H3/b17-12-/t19-,20+,22-,23-,25+,26+/m1/s1. The normalized spacial score (nSPS) is 42.0. The first-order chi connectivity index (χ1) is 14.1. The monoisotopic (exact) mass is 408 g/mol. The fourth-order valence-electron chi connectivity index (χ4n) is 7.61. The summed E-state index contributed by atoms with van der Waals surface area (Å²) in [6.07, 6.45) is 11.4. The average Bonchev–Trinajstić information content (AvgIpc) is 3.10. The van der Waals surface area contributed by atoms with Crippen molar-refractivity contribution in [3.05, 3.63) is 34.2 Å². The Morgan fingerprint density at radius 2 is 1.87 bits per heavy atom. The molecule has 0 bridgehead atoms. The molecule has 1 aromatic heterocycles. The molecule has 0 aliphatic heterocycles. The molecule has 3 saturated carbocycles. The first-order valence-electron chi connectivity index (χ1n) is 11.8. The highest BCUT2D eigenvalue weighted by Crippen LogP contribution is 2.64. The minimum atomic E-state index is -0.215. The van der Waals surface area contributed by atoms with Crippen molar-refractivity contribution in [2.24, 2.45) is 35.6 Å². The first-order valence-corrected chi connectivity index (χ1v) is 11.8. The Morgan fingerprint density at radius 3 is 2.57 bits per heavy atom. The number of aliphatic hydroxyl groups is 1. The lowest BCUT2D eigenvalue weighted by Gasteiger charge is -2.56. The summed E-state index contributed by atoms with van der Waals surface area (Å²) >= 11 is 0. The van der Waals surface area contributed by atoms with Crippen molar-refractivity contribution >= 4 is 11.9 Å². The van der Waals surface area contributed by atoms with Gasteiger partial charge in [0.25, 0.3) is 0 Å². The molecule has 0 saturated heterocycles. The maximum atomic E-state index is 13.6. The van der Waals surface area contributed by atoms with Crippen LogP contribution >= 0.6 is 0 Å². The lowest BCUT2D eigenvalue weighted by Crippen LogP contribution is -2.50. The van der Waals surface area contributed by atoms with Gasteiger partial charge in [0.2, 0.25) is 0 Å². The predicted molar refractivity (Wildman–Crippen MR) is 119 cm³/mol. The van der Waals surface area contributed by atoms with Gasteiger partial charge in [0.1, 0.15) is 0 Å². The van der Waals surface area contributed by atoms with E-state index < -0.39 is 0 Å². The van der Waals surface area contributed by atoms with E-state index in [0.717, 1.165) is 67.5 Å². The molecule has 4 aliphatic carbocycles. The molecule has 0 aromatic carbocycles. The molecule has 6 atom stereocenters. The molecule has 3 fully saturated rings. The molecule has 0 radical (unpaired) electrons. The molecule has 4 nitrogen and oxygen atoms in total. The second-order valence-electron chi connectivity index (χ2n) is 11.0. The number of allylic oxidation sites excluding steroid dienone is 2. The van der Waals surface area contributed by atoms with Crippen LogP contribution in [0, 0.1) is 42.4 Å². The molecule has 4 heteroatoms. The number of nitrogens with zero attached hydrogens (tertiary/aromatic N) is 2. The van der Waals surface area contributed by atoms with Crippen LogP contribution in [0.5, 0.6) is 0 Å². The Labute approximate surface area is 180 Å². The summed E-state index contributed by atoms with van der Waals surface area (Å²) in [5.41, 5.74) is 5.77. The zero-order chi connectivity index (χ0) is 21.4. The molecule has 4 aliphatic rings. The van der Waals surface area contributed by atoms with Crippen molar-refractivity contribution in [2.45, 2.75) is 78.7 Å². The van der Waals surface area contributed by atoms with Gasteiger partial charge in [-0.05, 0) is 93.6 Å². The molecule has 0 spiro atoms. The second kappa shape index (κ2) is 6.66. The van der Waals surface area contributed by atoms with Gasteiger partial charge in [-0.15, -0.1) is 0 Å². The van der Waals surface area contributed by atoms with Crippen molar-refractivity contribution in [3.8, 4) is 0 Å². The summed E-state index contributed by atoms with van der Waals surface area (Å²) in [4.78, 5) is 13.6. The molecule has 0 amide bonds. The average molecular weight is 409 g/mol. The number of Topliss-reactive ketones (excluding diaryl/α,β-unsaturated/α-hetero) is 1. The highest BCUT2D eigenvalue weighted by atomic mass is 16.3. The van der Waals surface area contributed by atoms with Crippen molar-refractivity contribution in [2.75, 3.05) is 0 Å². The number of hydrogen-bond donors (Lipinski definition) is 1. The van der Waals surface area contributed by atoms with Crippen LogP contribution in [0.15, 0.2) is 17.2 Å². The Kier molecular flexibility index (Phi) is 4.49. The van der Waals surface area contributed by atoms with E-state index in [9.17, 15) is 9.90 Å². The Bertz CT molecular complexity index is 970. The summed E-state index contributed by atoms with van der Waals surface area (Å²) in [6, 6.07) is 0. The largest absolute Gasteiger partial charge is 0.393 e. The number of hydrogen-bond acceptors (Lipinski definition) is 3. The molecule has 5 rings (SSSR count). The predicted octanol–water partition coefficient (Wildman–Crippen LogP) is 4.92. The molecular formula is C26H36N2O2. The zero-order valence-corrected chi connectivity index (χ0v) is 19.2. The summed E-state index contributed by atoms with van der Waals surface area (Å²) in [7, 11) is 1.97. The van der Waals surface area contributed by atoms with Crippen molar-refractivity contribution in [1.82, 2.24) is 9.78 Å². The number of rotatable bonds is 1. The van der Waals surface area contributed by atoms with E-state index in [1.54, 1.807) is 0 Å². The van der Waals surface area contributed by atoms with Gasteiger partial charge < -0.3 is 5.11 Å². The maximum absolute atomic E-state index is 13.6. The van der Waals surface area contributed by atoms with Crippen molar-refractivity contribution in [1.29, 1.82) is 0 Å². The minimum Gasteiger partial charge on any atom is -0.393 e. The van der Waals surface area contributed by atoms with Crippen LogP contribution in [0.3, 0.4) is 0 Å². The Morgan fingerprint density at radius 1 is 1.13 bits per heavy atom. The molecule has 1 heterocycles. The van der Waals surface area contributed by atoms with E-state index in [1.807, 2.05) is 18.7 Å². The third-order valence-electron chi connectivity index (χ3n) is 9.60. The fourth-order valence-corrected chi connectivity index (χ4v) is 7.61. The van der Waals surface area contributed by atoms with Gasteiger partial charge in [0, 0.05) is 23.7 Å². The molecule has 162 valence electrons. The van der Waals surface area contributed by atoms with Gasteiger partial charge in [-0.25, -0.2) is 0 Å². The van der Waals surface area contributed by atoms with Crippen LogP contribution < -0.4 is 0 Å². The van der Waals surface area contributed by atoms with Crippen LogP contribution in [0.1, 0.15) is 75.7 Å². The molecule has 0 unspecified atom stereocenters.